The maximum absolute atomic E-state index is 11.7. The number of aromatic nitrogens is 1. The van der Waals surface area contributed by atoms with Gasteiger partial charge in [0.05, 0.1) is 11.9 Å². The molecule has 0 spiro atoms. The number of pyridine rings is 1. The van der Waals surface area contributed by atoms with Crippen molar-refractivity contribution in [2.75, 3.05) is 10.6 Å². The van der Waals surface area contributed by atoms with Crippen molar-refractivity contribution in [3.63, 3.8) is 0 Å². The van der Waals surface area contributed by atoms with Crippen molar-refractivity contribution in [3.8, 4) is 0 Å². The Morgan fingerprint density at radius 3 is 2.52 bits per heavy atom. The number of hydrogen-bond acceptors (Lipinski definition) is 3. The molecule has 2 N–H and O–H groups in total. The molecule has 21 heavy (non-hydrogen) atoms. The molecule has 2 rings (SSSR count). The van der Waals surface area contributed by atoms with E-state index in [4.69, 9.17) is 0 Å². The van der Waals surface area contributed by atoms with Crippen LogP contribution in [-0.2, 0) is 11.3 Å². The van der Waals surface area contributed by atoms with Crippen molar-refractivity contribution in [2.45, 2.75) is 26.8 Å². The van der Waals surface area contributed by atoms with Gasteiger partial charge < -0.3 is 10.6 Å². The second-order valence-electron chi connectivity index (χ2n) is 5.42. The van der Waals surface area contributed by atoms with Gasteiger partial charge in [-0.1, -0.05) is 44.2 Å². The monoisotopic (exact) mass is 283 g/mol. The van der Waals surface area contributed by atoms with Gasteiger partial charge in [0, 0.05) is 13.0 Å². The molecule has 1 aromatic heterocycles. The molecular weight excluding hydrogens is 262 g/mol. The molecule has 0 fully saturated rings. The van der Waals surface area contributed by atoms with E-state index >= 15 is 0 Å². The first-order valence-corrected chi connectivity index (χ1v) is 7.17. The van der Waals surface area contributed by atoms with E-state index in [0.717, 1.165) is 18.1 Å². The Balaban J connectivity index is 1.86. The molecule has 0 bridgehead atoms. The van der Waals surface area contributed by atoms with Crippen molar-refractivity contribution in [2.24, 2.45) is 5.92 Å². The van der Waals surface area contributed by atoms with Crippen molar-refractivity contribution in [1.29, 1.82) is 0 Å². The molecule has 0 atom stereocenters. The third-order valence-corrected chi connectivity index (χ3v) is 2.96. The number of rotatable bonds is 6. The largest absolute Gasteiger partial charge is 0.366 e. The van der Waals surface area contributed by atoms with Gasteiger partial charge in [0.2, 0.25) is 5.91 Å². The summed E-state index contributed by atoms with van der Waals surface area (Å²) in [6, 6.07) is 13.9. The first-order valence-electron chi connectivity index (χ1n) is 7.17. The van der Waals surface area contributed by atoms with Crippen LogP contribution in [0.2, 0.25) is 0 Å². The molecular formula is C17H21N3O. The zero-order valence-electron chi connectivity index (χ0n) is 12.5. The van der Waals surface area contributed by atoms with Gasteiger partial charge in [-0.25, -0.2) is 4.98 Å². The molecule has 1 heterocycles. The average molecular weight is 283 g/mol. The molecule has 4 heteroatoms. The molecule has 0 saturated heterocycles. The summed E-state index contributed by atoms with van der Waals surface area (Å²) in [5.74, 6) is 1.17. The zero-order chi connectivity index (χ0) is 15.1. The van der Waals surface area contributed by atoms with Gasteiger partial charge >= 0.3 is 0 Å². The van der Waals surface area contributed by atoms with Gasteiger partial charge in [-0.05, 0) is 23.6 Å². The smallest absolute Gasteiger partial charge is 0.224 e. The van der Waals surface area contributed by atoms with Crippen molar-refractivity contribution in [1.82, 2.24) is 4.98 Å². The van der Waals surface area contributed by atoms with Crippen molar-refractivity contribution in [3.05, 3.63) is 54.2 Å². The van der Waals surface area contributed by atoms with Crippen LogP contribution in [-0.4, -0.2) is 10.9 Å². The summed E-state index contributed by atoms with van der Waals surface area (Å²) in [6.07, 6.45) is 2.19. The number of carbonyl (C=O) groups is 1. The van der Waals surface area contributed by atoms with Gasteiger partial charge in [-0.2, -0.15) is 0 Å². The number of hydrogen-bond donors (Lipinski definition) is 2. The molecule has 0 radical (unpaired) electrons. The molecule has 0 aliphatic heterocycles. The highest BCUT2D eigenvalue weighted by Crippen LogP contribution is 2.12. The van der Waals surface area contributed by atoms with Crippen LogP contribution < -0.4 is 10.6 Å². The van der Waals surface area contributed by atoms with E-state index in [-0.39, 0.29) is 5.91 Å². The van der Waals surface area contributed by atoms with Crippen LogP contribution >= 0.6 is 0 Å². The number of carbonyl (C=O) groups excluding carboxylic acids is 1. The molecule has 0 unspecified atom stereocenters. The minimum atomic E-state index is 0.0248. The normalized spacial score (nSPS) is 10.4. The Labute approximate surface area is 125 Å². The Bertz CT molecular complexity index is 564. The standard InChI is InChI=1S/C17H21N3O/c1-13(2)10-17(21)20-15-8-9-16(19-12-15)18-11-14-6-4-3-5-7-14/h3-9,12-13H,10-11H2,1-2H3,(H,18,19)(H,20,21). The Kier molecular flexibility index (Phi) is 5.32. The lowest BCUT2D eigenvalue weighted by Gasteiger charge is -2.09. The summed E-state index contributed by atoms with van der Waals surface area (Å²) < 4.78 is 0. The average Bonchev–Trinajstić information content (AvgIpc) is 2.47. The van der Waals surface area contributed by atoms with E-state index in [1.807, 2.05) is 44.2 Å². The number of nitrogens with one attached hydrogen (secondary N) is 2. The van der Waals surface area contributed by atoms with Crippen LogP contribution in [0.3, 0.4) is 0 Å². The quantitative estimate of drug-likeness (QED) is 0.850. The summed E-state index contributed by atoms with van der Waals surface area (Å²) in [4.78, 5) is 16.0. The second kappa shape index (κ2) is 7.43. The van der Waals surface area contributed by atoms with Gasteiger partial charge in [-0.15, -0.1) is 0 Å². The van der Waals surface area contributed by atoms with Gasteiger partial charge in [0.15, 0.2) is 0 Å². The maximum Gasteiger partial charge on any atom is 0.224 e. The van der Waals surface area contributed by atoms with Crippen LogP contribution in [0.5, 0.6) is 0 Å². The predicted octanol–water partition coefficient (Wildman–Crippen LogP) is 3.68. The van der Waals surface area contributed by atoms with E-state index < -0.39 is 0 Å². The van der Waals surface area contributed by atoms with E-state index in [1.54, 1.807) is 6.20 Å². The lowest BCUT2D eigenvalue weighted by atomic mass is 10.1. The summed E-state index contributed by atoms with van der Waals surface area (Å²) in [5.41, 5.74) is 1.93. The SMILES string of the molecule is CC(C)CC(=O)Nc1ccc(NCc2ccccc2)nc1. The van der Waals surface area contributed by atoms with Gasteiger partial charge in [-0.3, -0.25) is 4.79 Å². The Hall–Kier alpha value is -2.36. The molecule has 4 nitrogen and oxygen atoms in total. The molecule has 2 aromatic rings. The number of benzene rings is 1. The van der Waals surface area contributed by atoms with E-state index in [0.29, 0.717) is 12.3 Å². The fourth-order valence-corrected chi connectivity index (χ4v) is 1.94. The predicted molar refractivity (Wildman–Crippen MR) is 86.1 cm³/mol. The van der Waals surface area contributed by atoms with E-state index in [9.17, 15) is 4.79 Å². The molecule has 1 amide bonds. The zero-order valence-corrected chi connectivity index (χ0v) is 12.5. The fourth-order valence-electron chi connectivity index (χ4n) is 1.94. The lowest BCUT2D eigenvalue weighted by molar-refractivity contribution is -0.116. The first-order chi connectivity index (χ1) is 10.1. The summed E-state index contributed by atoms with van der Waals surface area (Å²) in [5, 5.41) is 6.09. The highest BCUT2D eigenvalue weighted by Gasteiger charge is 2.05. The number of nitrogens with zero attached hydrogens (tertiary/aromatic N) is 1. The highest BCUT2D eigenvalue weighted by molar-refractivity contribution is 5.90. The van der Waals surface area contributed by atoms with Crippen LogP contribution in [0.4, 0.5) is 11.5 Å². The van der Waals surface area contributed by atoms with Gasteiger partial charge in [0.25, 0.3) is 0 Å². The minimum absolute atomic E-state index is 0.0248. The highest BCUT2D eigenvalue weighted by atomic mass is 16.1. The fraction of sp³-hybridized carbons (Fsp3) is 0.294. The Morgan fingerprint density at radius 1 is 1.14 bits per heavy atom. The maximum atomic E-state index is 11.7. The van der Waals surface area contributed by atoms with Crippen LogP contribution in [0.15, 0.2) is 48.7 Å². The first kappa shape index (κ1) is 15.0. The Morgan fingerprint density at radius 2 is 1.90 bits per heavy atom. The molecule has 110 valence electrons. The minimum Gasteiger partial charge on any atom is -0.366 e. The summed E-state index contributed by atoms with van der Waals surface area (Å²) in [7, 11) is 0. The summed E-state index contributed by atoms with van der Waals surface area (Å²) >= 11 is 0. The lowest BCUT2D eigenvalue weighted by Crippen LogP contribution is -2.14. The van der Waals surface area contributed by atoms with Crippen molar-refractivity contribution >= 4 is 17.4 Å². The van der Waals surface area contributed by atoms with Crippen LogP contribution in [0, 0.1) is 5.92 Å². The second-order valence-corrected chi connectivity index (χ2v) is 5.42. The van der Waals surface area contributed by atoms with Crippen molar-refractivity contribution < 1.29 is 4.79 Å². The molecule has 0 aliphatic carbocycles. The topological polar surface area (TPSA) is 54.0 Å². The third kappa shape index (κ3) is 5.26. The summed E-state index contributed by atoms with van der Waals surface area (Å²) in [6.45, 7) is 4.77. The molecule has 1 aromatic carbocycles. The van der Waals surface area contributed by atoms with Crippen LogP contribution in [0.25, 0.3) is 0 Å². The van der Waals surface area contributed by atoms with E-state index in [2.05, 4.69) is 27.8 Å². The number of anilines is 2. The van der Waals surface area contributed by atoms with Crippen LogP contribution in [0.1, 0.15) is 25.8 Å². The third-order valence-electron chi connectivity index (χ3n) is 2.96. The number of amides is 1. The van der Waals surface area contributed by atoms with Gasteiger partial charge in [0.1, 0.15) is 5.82 Å². The molecule has 0 aliphatic rings. The van der Waals surface area contributed by atoms with E-state index in [1.165, 1.54) is 5.56 Å². The molecule has 0 saturated carbocycles.